The topological polar surface area (TPSA) is 54.0 Å². The molecular weight excluding hydrogens is 292 g/mol. The average Bonchev–Trinajstić information content (AvgIpc) is 2.79. The SMILES string of the molecule is COCCOCCOCCOCC(=O)c1cc(C)sc1C. The molecule has 1 rings (SSSR count). The van der Waals surface area contributed by atoms with Crippen LogP contribution < -0.4 is 0 Å². The highest BCUT2D eigenvalue weighted by Crippen LogP contribution is 2.20. The fraction of sp³-hybridized carbons (Fsp3) is 0.667. The van der Waals surface area contributed by atoms with E-state index in [2.05, 4.69) is 0 Å². The predicted octanol–water partition coefficient (Wildman–Crippen LogP) is 2.24. The molecule has 120 valence electrons. The second-order valence-electron chi connectivity index (χ2n) is 4.52. The van der Waals surface area contributed by atoms with Crippen molar-refractivity contribution in [3.63, 3.8) is 0 Å². The van der Waals surface area contributed by atoms with Crippen LogP contribution >= 0.6 is 11.3 Å². The van der Waals surface area contributed by atoms with E-state index in [1.54, 1.807) is 18.4 Å². The molecule has 1 aromatic rings. The summed E-state index contributed by atoms with van der Waals surface area (Å²) in [4.78, 5) is 14.1. The first-order chi connectivity index (χ1) is 10.1. The minimum absolute atomic E-state index is 0.0275. The first-order valence-corrected chi connectivity index (χ1v) is 7.79. The van der Waals surface area contributed by atoms with Crippen LogP contribution in [0.25, 0.3) is 0 Å². The molecule has 0 fully saturated rings. The van der Waals surface area contributed by atoms with Gasteiger partial charge in [0.1, 0.15) is 6.61 Å². The summed E-state index contributed by atoms with van der Waals surface area (Å²) in [6.07, 6.45) is 0. The third-order valence-electron chi connectivity index (χ3n) is 2.75. The largest absolute Gasteiger partial charge is 0.382 e. The maximum absolute atomic E-state index is 11.9. The summed E-state index contributed by atoms with van der Waals surface area (Å²) in [5, 5.41) is 0. The third kappa shape index (κ3) is 7.68. The van der Waals surface area contributed by atoms with Crippen molar-refractivity contribution in [2.75, 3.05) is 53.4 Å². The van der Waals surface area contributed by atoms with Crippen LogP contribution in [0.15, 0.2) is 6.07 Å². The molecule has 1 aromatic heterocycles. The van der Waals surface area contributed by atoms with E-state index in [0.29, 0.717) is 39.6 Å². The van der Waals surface area contributed by atoms with Crippen molar-refractivity contribution < 1.29 is 23.7 Å². The van der Waals surface area contributed by atoms with Gasteiger partial charge in [-0.15, -0.1) is 11.3 Å². The summed E-state index contributed by atoms with van der Waals surface area (Å²) in [6, 6.07) is 1.92. The van der Waals surface area contributed by atoms with E-state index < -0.39 is 0 Å². The number of aryl methyl sites for hydroxylation is 2. The number of methoxy groups -OCH3 is 1. The molecule has 21 heavy (non-hydrogen) atoms. The molecule has 0 unspecified atom stereocenters. The van der Waals surface area contributed by atoms with Gasteiger partial charge in [-0.05, 0) is 19.9 Å². The van der Waals surface area contributed by atoms with Crippen molar-refractivity contribution >= 4 is 17.1 Å². The molecular formula is C15H24O5S. The van der Waals surface area contributed by atoms with Gasteiger partial charge in [0.15, 0.2) is 5.78 Å². The molecule has 0 saturated carbocycles. The Bertz CT molecular complexity index is 416. The molecule has 1 heterocycles. The molecule has 0 spiro atoms. The summed E-state index contributed by atoms with van der Waals surface area (Å²) in [7, 11) is 1.64. The van der Waals surface area contributed by atoms with Crippen LogP contribution in [-0.2, 0) is 18.9 Å². The van der Waals surface area contributed by atoms with Crippen molar-refractivity contribution in [3.05, 3.63) is 21.4 Å². The highest BCUT2D eigenvalue weighted by atomic mass is 32.1. The molecule has 5 nitrogen and oxygen atoms in total. The fourth-order valence-corrected chi connectivity index (χ4v) is 2.67. The van der Waals surface area contributed by atoms with Gasteiger partial charge in [0.25, 0.3) is 0 Å². The van der Waals surface area contributed by atoms with E-state index in [0.717, 1.165) is 15.3 Å². The lowest BCUT2D eigenvalue weighted by atomic mass is 10.2. The zero-order chi connectivity index (χ0) is 15.5. The standard InChI is InChI=1S/C15H24O5S/c1-12-10-14(13(2)21-12)15(16)11-20-9-8-19-7-6-18-5-4-17-3/h10H,4-9,11H2,1-3H3. The van der Waals surface area contributed by atoms with Crippen LogP contribution in [0.1, 0.15) is 20.1 Å². The maximum Gasteiger partial charge on any atom is 0.189 e. The number of carbonyl (C=O) groups is 1. The number of rotatable bonds is 12. The number of ketones is 1. The zero-order valence-corrected chi connectivity index (χ0v) is 13.8. The molecule has 0 bridgehead atoms. The van der Waals surface area contributed by atoms with E-state index in [4.69, 9.17) is 18.9 Å². The monoisotopic (exact) mass is 316 g/mol. The van der Waals surface area contributed by atoms with Crippen LogP contribution in [0.2, 0.25) is 0 Å². The smallest absolute Gasteiger partial charge is 0.189 e. The number of Topliss-reactive ketones (excluding diaryl/α,β-unsaturated/α-hetero) is 1. The van der Waals surface area contributed by atoms with Gasteiger partial charge in [0.2, 0.25) is 0 Å². The Morgan fingerprint density at radius 1 is 1.00 bits per heavy atom. The van der Waals surface area contributed by atoms with Crippen molar-refractivity contribution in [3.8, 4) is 0 Å². The van der Waals surface area contributed by atoms with Gasteiger partial charge >= 0.3 is 0 Å². The van der Waals surface area contributed by atoms with Crippen molar-refractivity contribution in [2.24, 2.45) is 0 Å². The first kappa shape index (κ1) is 18.3. The van der Waals surface area contributed by atoms with Gasteiger partial charge in [-0.2, -0.15) is 0 Å². The lowest BCUT2D eigenvalue weighted by Crippen LogP contribution is -2.14. The van der Waals surface area contributed by atoms with Gasteiger partial charge in [-0.25, -0.2) is 0 Å². The summed E-state index contributed by atoms with van der Waals surface area (Å²) in [5.41, 5.74) is 0.768. The van der Waals surface area contributed by atoms with Crippen LogP contribution in [0.5, 0.6) is 0 Å². The molecule has 0 amide bonds. The van der Waals surface area contributed by atoms with E-state index in [1.807, 2.05) is 19.9 Å². The zero-order valence-electron chi connectivity index (χ0n) is 13.0. The Labute approximate surface area is 130 Å². The molecule has 0 aromatic carbocycles. The molecule has 0 aliphatic heterocycles. The second kappa shape index (κ2) is 10.9. The first-order valence-electron chi connectivity index (χ1n) is 6.97. The molecule has 0 saturated heterocycles. The molecule has 0 aliphatic rings. The highest BCUT2D eigenvalue weighted by molar-refractivity contribution is 7.12. The number of hydrogen-bond donors (Lipinski definition) is 0. The summed E-state index contributed by atoms with van der Waals surface area (Å²) >= 11 is 1.63. The minimum atomic E-state index is 0.0275. The van der Waals surface area contributed by atoms with Gasteiger partial charge < -0.3 is 18.9 Å². The normalized spacial score (nSPS) is 11.0. The molecule has 0 radical (unpaired) electrons. The van der Waals surface area contributed by atoms with Crippen molar-refractivity contribution in [2.45, 2.75) is 13.8 Å². The Balaban J connectivity index is 1.99. The Kier molecular flexibility index (Phi) is 9.45. The molecule has 0 atom stereocenters. The Morgan fingerprint density at radius 2 is 1.57 bits per heavy atom. The van der Waals surface area contributed by atoms with Gasteiger partial charge in [-0.3, -0.25) is 4.79 Å². The van der Waals surface area contributed by atoms with Gasteiger partial charge in [-0.1, -0.05) is 0 Å². The van der Waals surface area contributed by atoms with Crippen LogP contribution in [0, 0.1) is 13.8 Å². The summed E-state index contributed by atoms with van der Waals surface area (Å²) in [5.74, 6) is 0.0275. The van der Waals surface area contributed by atoms with E-state index >= 15 is 0 Å². The van der Waals surface area contributed by atoms with Crippen LogP contribution in [0.4, 0.5) is 0 Å². The number of ether oxygens (including phenoxy) is 4. The van der Waals surface area contributed by atoms with Crippen molar-refractivity contribution in [1.29, 1.82) is 0 Å². The predicted molar refractivity (Wildman–Crippen MR) is 82.5 cm³/mol. The molecule has 6 heteroatoms. The minimum Gasteiger partial charge on any atom is -0.382 e. The van der Waals surface area contributed by atoms with Crippen LogP contribution in [-0.4, -0.2) is 59.1 Å². The highest BCUT2D eigenvalue weighted by Gasteiger charge is 2.11. The average molecular weight is 316 g/mol. The Hall–Kier alpha value is -0.790. The number of thiophene rings is 1. The quantitative estimate of drug-likeness (QED) is 0.437. The maximum atomic E-state index is 11.9. The van der Waals surface area contributed by atoms with E-state index in [-0.39, 0.29) is 12.4 Å². The number of carbonyl (C=O) groups excluding carboxylic acids is 1. The second-order valence-corrected chi connectivity index (χ2v) is 5.98. The number of hydrogen-bond acceptors (Lipinski definition) is 6. The fourth-order valence-electron chi connectivity index (χ4n) is 1.73. The molecule has 0 N–H and O–H groups in total. The summed E-state index contributed by atoms with van der Waals surface area (Å²) < 4.78 is 20.8. The van der Waals surface area contributed by atoms with Gasteiger partial charge in [0, 0.05) is 22.4 Å². The van der Waals surface area contributed by atoms with Gasteiger partial charge in [0.05, 0.1) is 39.6 Å². The van der Waals surface area contributed by atoms with Crippen LogP contribution in [0.3, 0.4) is 0 Å². The molecule has 0 aliphatic carbocycles. The van der Waals surface area contributed by atoms with Crippen molar-refractivity contribution in [1.82, 2.24) is 0 Å². The lowest BCUT2D eigenvalue weighted by Gasteiger charge is -2.06. The Morgan fingerprint density at radius 3 is 2.10 bits per heavy atom. The van der Waals surface area contributed by atoms with E-state index in [1.165, 1.54) is 0 Å². The summed E-state index contributed by atoms with van der Waals surface area (Å²) in [6.45, 7) is 7.14. The lowest BCUT2D eigenvalue weighted by molar-refractivity contribution is 0.00492. The third-order valence-corrected chi connectivity index (χ3v) is 3.72. The van der Waals surface area contributed by atoms with E-state index in [9.17, 15) is 4.79 Å².